The third-order valence-electron chi connectivity index (χ3n) is 4.51. The summed E-state index contributed by atoms with van der Waals surface area (Å²) < 4.78 is 18.7. The van der Waals surface area contributed by atoms with Crippen molar-refractivity contribution < 1.29 is 18.8 Å². The number of hydrogen-bond acceptors (Lipinski definition) is 6. The Labute approximate surface area is 141 Å². The molecule has 7 nitrogen and oxygen atoms in total. The summed E-state index contributed by atoms with van der Waals surface area (Å²) in [5.41, 5.74) is -0.953. The highest BCUT2D eigenvalue weighted by Gasteiger charge is 2.62. The van der Waals surface area contributed by atoms with Gasteiger partial charge in [-0.05, 0) is 29.7 Å². The maximum absolute atomic E-state index is 13.9. The van der Waals surface area contributed by atoms with E-state index < -0.39 is 33.7 Å². The van der Waals surface area contributed by atoms with Gasteiger partial charge in [0.1, 0.15) is 0 Å². The fourth-order valence-electron chi connectivity index (χ4n) is 3.25. The minimum absolute atomic E-state index is 0.0571. The minimum atomic E-state index is -1.10. The van der Waals surface area contributed by atoms with Crippen molar-refractivity contribution in [2.45, 2.75) is 11.8 Å². The number of carbonyl (C=O) groups excluding carboxylic acids is 1. The van der Waals surface area contributed by atoms with Crippen molar-refractivity contribution in [2.24, 2.45) is 5.92 Å². The number of nitro groups is 1. The van der Waals surface area contributed by atoms with Gasteiger partial charge in [0.25, 0.3) is 0 Å². The predicted molar refractivity (Wildman–Crippen MR) is 82.9 cm³/mol. The number of benzene rings is 1. The highest BCUT2D eigenvalue weighted by atomic mass is 19.1. The van der Waals surface area contributed by atoms with Crippen molar-refractivity contribution in [1.29, 1.82) is 5.26 Å². The molecule has 1 aliphatic rings. The Bertz CT molecular complexity index is 910. The molecule has 0 N–H and O–H groups in total. The Morgan fingerprint density at radius 1 is 1.56 bits per heavy atom. The Hall–Kier alpha value is -3.34. The summed E-state index contributed by atoms with van der Waals surface area (Å²) in [6, 6.07) is 7.10. The summed E-state index contributed by atoms with van der Waals surface area (Å²) >= 11 is 0. The highest BCUT2D eigenvalue weighted by Crippen LogP contribution is 2.60. The Kier molecular flexibility index (Phi) is 3.93. The fraction of sp³-hybridized carbons (Fsp3) is 0.235. The van der Waals surface area contributed by atoms with E-state index in [0.29, 0.717) is 12.0 Å². The van der Waals surface area contributed by atoms with Crippen LogP contribution in [-0.4, -0.2) is 23.0 Å². The molecule has 0 saturated heterocycles. The zero-order chi connectivity index (χ0) is 18.2. The first-order chi connectivity index (χ1) is 12.0. The van der Waals surface area contributed by atoms with Crippen LogP contribution in [-0.2, 0) is 14.9 Å². The smallest absolute Gasteiger partial charge is 0.309 e. The number of methoxy groups -OCH3 is 1. The van der Waals surface area contributed by atoms with E-state index in [2.05, 4.69) is 4.98 Å². The monoisotopic (exact) mass is 341 g/mol. The molecule has 0 radical (unpaired) electrons. The molecule has 2 unspecified atom stereocenters. The standard InChI is InChI=1S/C17H12FN3O4/c1-25-16(22)13-7-17(13,11-3-2-4-20-9-11)12-6-15(21(23)24)14(18)5-10(12)8-19/h2-6,9,13H,7H2,1H3. The summed E-state index contributed by atoms with van der Waals surface area (Å²) in [4.78, 5) is 26.4. The van der Waals surface area contributed by atoms with Gasteiger partial charge in [-0.1, -0.05) is 6.07 Å². The van der Waals surface area contributed by atoms with Crippen LogP contribution < -0.4 is 0 Å². The van der Waals surface area contributed by atoms with Crippen molar-refractivity contribution >= 4 is 11.7 Å². The maximum atomic E-state index is 13.9. The van der Waals surface area contributed by atoms with Crippen molar-refractivity contribution in [3.05, 3.63) is 69.3 Å². The number of nitriles is 1. The third-order valence-corrected chi connectivity index (χ3v) is 4.51. The molecule has 0 aliphatic heterocycles. The number of rotatable bonds is 4. The van der Waals surface area contributed by atoms with Crippen molar-refractivity contribution in [2.75, 3.05) is 7.11 Å². The van der Waals surface area contributed by atoms with Crippen LogP contribution in [0.25, 0.3) is 0 Å². The molecule has 25 heavy (non-hydrogen) atoms. The van der Waals surface area contributed by atoms with Gasteiger partial charge in [-0.25, -0.2) is 0 Å². The lowest BCUT2D eigenvalue weighted by molar-refractivity contribution is -0.387. The average Bonchev–Trinajstić information content (AvgIpc) is 3.37. The van der Waals surface area contributed by atoms with Crippen molar-refractivity contribution in [3.8, 4) is 6.07 Å². The van der Waals surface area contributed by atoms with Gasteiger partial charge in [0, 0.05) is 23.9 Å². The summed E-state index contributed by atoms with van der Waals surface area (Å²) in [6.07, 6.45) is 3.37. The van der Waals surface area contributed by atoms with Crippen molar-refractivity contribution in [3.63, 3.8) is 0 Å². The van der Waals surface area contributed by atoms with E-state index in [1.807, 2.05) is 6.07 Å². The molecular formula is C17H12FN3O4. The first kappa shape index (κ1) is 16.5. The molecule has 0 bridgehead atoms. The van der Waals surface area contributed by atoms with Gasteiger partial charge in [0.05, 0.1) is 29.6 Å². The maximum Gasteiger partial charge on any atom is 0.309 e. The van der Waals surface area contributed by atoms with Gasteiger partial charge in [0.15, 0.2) is 0 Å². The lowest BCUT2D eigenvalue weighted by Crippen LogP contribution is -2.20. The number of carbonyl (C=O) groups is 1. The molecule has 2 aromatic rings. The van der Waals surface area contributed by atoms with Crippen LogP contribution in [0.15, 0.2) is 36.7 Å². The van der Waals surface area contributed by atoms with Crippen LogP contribution in [0.3, 0.4) is 0 Å². The zero-order valence-electron chi connectivity index (χ0n) is 13.1. The SMILES string of the molecule is COC(=O)C1CC1(c1cccnc1)c1cc([N+](=O)[O-])c(F)cc1C#N. The molecule has 1 aromatic carbocycles. The first-order valence-corrected chi connectivity index (χ1v) is 7.32. The van der Waals surface area contributed by atoms with Crippen LogP contribution in [0.2, 0.25) is 0 Å². The van der Waals surface area contributed by atoms with Gasteiger partial charge in [0.2, 0.25) is 5.82 Å². The molecule has 1 saturated carbocycles. The largest absolute Gasteiger partial charge is 0.469 e. The van der Waals surface area contributed by atoms with Gasteiger partial charge in [-0.3, -0.25) is 19.9 Å². The third kappa shape index (κ3) is 2.50. The summed E-state index contributed by atoms with van der Waals surface area (Å²) in [5, 5.41) is 20.5. The van der Waals surface area contributed by atoms with Gasteiger partial charge >= 0.3 is 11.7 Å². The van der Waals surface area contributed by atoms with E-state index in [0.717, 1.165) is 12.1 Å². The summed E-state index contributed by atoms with van der Waals surface area (Å²) in [7, 11) is 1.24. The normalized spacial score (nSPS) is 21.2. The van der Waals surface area contributed by atoms with Crippen LogP contribution in [0.4, 0.5) is 10.1 Å². The van der Waals surface area contributed by atoms with E-state index in [-0.39, 0.29) is 11.1 Å². The molecule has 1 heterocycles. The van der Waals surface area contributed by atoms with Crippen LogP contribution in [0.5, 0.6) is 0 Å². The predicted octanol–water partition coefficient (Wildman–Crippen LogP) is 2.48. The number of nitrogens with zero attached hydrogens (tertiary/aromatic N) is 3. The molecule has 3 rings (SSSR count). The number of esters is 1. The summed E-state index contributed by atoms with van der Waals surface area (Å²) in [5.74, 6) is -2.22. The highest BCUT2D eigenvalue weighted by molar-refractivity contribution is 5.82. The van der Waals surface area contributed by atoms with E-state index in [1.54, 1.807) is 18.3 Å². The molecule has 1 aromatic heterocycles. The molecule has 2 atom stereocenters. The quantitative estimate of drug-likeness (QED) is 0.480. The number of nitro benzene ring substituents is 1. The van der Waals surface area contributed by atoms with E-state index in [1.165, 1.54) is 13.3 Å². The average molecular weight is 341 g/mol. The van der Waals surface area contributed by atoms with E-state index in [9.17, 15) is 24.6 Å². The molecule has 0 amide bonds. The fourth-order valence-corrected chi connectivity index (χ4v) is 3.25. The van der Waals surface area contributed by atoms with Gasteiger partial charge < -0.3 is 4.74 Å². The van der Waals surface area contributed by atoms with E-state index >= 15 is 0 Å². The van der Waals surface area contributed by atoms with Gasteiger partial charge in [-0.2, -0.15) is 9.65 Å². The number of hydrogen-bond donors (Lipinski definition) is 0. The molecule has 0 spiro atoms. The van der Waals surface area contributed by atoms with Gasteiger partial charge in [-0.15, -0.1) is 0 Å². The van der Waals surface area contributed by atoms with Crippen LogP contribution in [0.1, 0.15) is 23.1 Å². The summed E-state index contributed by atoms with van der Waals surface area (Å²) in [6.45, 7) is 0. The van der Waals surface area contributed by atoms with E-state index in [4.69, 9.17) is 4.74 Å². The number of halogens is 1. The molecule has 126 valence electrons. The van der Waals surface area contributed by atoms with Crippen LogP contribution >= 0.6 is 0 Å². The second kappa shape index (κ2) is 5.94. The number of pyridine rings is 1. The number of aromatic nitrogens is 1. The second-order valence-corrected chi connectivity index (χ2v) is 5.71. The second-order valence-electron chi connectivity index (χ2n) is 5.71. The minimum Gasteiger partial charge on any atom is -0.469 e. The Balaban J connectivity index is 2.26. The lowest BCUT2D eigenvalue weighted by atomic mass is 9.83. The number of ether oxygens (including phenoxy) is 1. The topological polar surface area (TPSA) is 106 Å². The molecule has 1 aliphatic carbocycles. The Morgan fingerprint density at radius 2 is 2.32 bits per heavy atom. The molecule has 1 fully saturated rings. The zero-order valence-corrected chi connectivity index (χ0v) is 13.1. The lowest BCUT2D eigenvalue weighted by Gasteiger charge is -2.19. The van der Waals surface area contributed by atoms with Crippen LogP contribution in [0, 0.1) is 33.2 Å². The molecular weight excluding hydrogens is 329 g/mol. The Morgan fingerprint density at radius 3 is 2.88 bits per heavy atom. The first-order valence-electron chi connectivity index (χ1n) is 7.32. The molecule has 8 heteroatoms. The van der Waals surface area contributed by atoms with Crippen molar-refractivity contribution in [1.82, 2.24) is 4.98 Å².